The molecule has 0 spiro atoms. The summed E-state index contributed by atoms with van der Waals surface area (Å²) in [6.07, 6.45) is -1.02. The number of aliphatic hydroxyl groups excluding tert-OH is 1. The van der Waals surface area contributed by atoms with Gasteiger partial charge in [-0.1, -0.05) is 97.9 Å². The monoisotopic (exact) mass is 748 g/mol. The van der Waals surface area contributed by atoms with Crippen LogP contribution in [0, 0.1) is 16.0 Å². The molecule has 0 unspecified atom stereocenters. The number of nitro groups is 1. The number of hydrogen-bond donors (Lipinski definition) is 2. The number of anilines is 1. The lowest BCUT2D eigenvalue weighted by Gasteiger charge is -2.44. The van der Waals surface area contributed by atoms with E-state index in [1.165, 1.54) is 0 Å². The van der Waals surface area contributed by atoms with Gasteiger partial charge in [-0.3, -0.25) is 15.0 Å². The third-order valence-electron chi connectivity index (χ3n) is 10.4. The van der Waals surface area contributed by atoms with Gasteiger partial charge < -0.3 is 19.5 Å². The fraction of sp³-hybridized carbons (Fsp3) is 0.286. The highest BCUT2D eigenvalue weighted by atomic mass is 32.2. The van der Waals surface area contributed by atoms with Crippen molar-refractivity contribution in [1.29, 1.82) is 0 Å². The zero-order chi connectivity index (χ0) is 37.7. The summed E-state index contributed by atoms with van der Waals surface area (Å²) in [6.45, 7) is 6.21. The van der Waals surface area contributed by atoms with E-state index in [1.54, 1.807) is 42.5 Å². The topological polar surface area (TPSA) is 134 Å². The van der Waals surface area contributed by atoms with Crippen molar-refractivity contribution >= 4 is 21.4 Å². The van der Waals surface area contributed by atoms with Crippen molar-refractivity contribution in [3.63, 3.8) is 0 Å². The van der Waals surface area contributed by atoms with Crippen LogP contribution in [0.5, 0.6) is 0 Å². The summed E-state index contributed by atoms with van der Waals surface area (Å²) >= 11 is 0. The predicted molar refractivity (Wildman–Crippen MR) is 207 cm³/mol. The fourth-order valence-electron chi connectivity index (χ4n) is 7.19. The van der Waals surface area contributed by atoms with Gasteiger partial charge in [0, 0.05) is 68.6 Å². The molecular formula is C42H44N4O7S. The molecule has 2 fully saturated rings. The van der Waals surface area contributed by atoms with E-state index < -0.39 is 16.3 Å². The highest BCUT2D eigenvalue weighted by Gasteiger charge is 2.39. The second-order valence-electron chi connectivity index (χ2n) is 13.8. The number of rotatable bonds is 12. The number of nitro benzene ring substituents is 1. The zero-order valence-electron chi connectivity index (χ0n) is 30.0. The first-order valence-corrected chi connectivity index (χ1v) is 19.6. The van der Waals surface area contributed by atoms with E-state index in [9.17, 15) is 23.6 Å². The molecule has 0 aliphatic carbocycles. The molecule has 280 valence electrons. The SMILES string of the molecule is C[C@@H]1[C@H](CN2CCN(c3ccc([N+](=O)[O-])cc3)CC2)O[C@H](c2ccc(-c3ccccc3CNS(=O)(=O)c3ccccc3)cc2)O[C@@H]1c1ccc(CO)cc1. The minimum absolute atomic E-state index is 0.0275. The Balaban J connectivity index is 1.07. The van der Waals surface area contributed by atoms with Crippen molar-refractivity contribution in [1.82, 2.24) is 9.62 Å². The molecule has 2 aliphatic heterocycles. The maximum absolute atomic E-state index is 12.9. The summed E-state index contributed by atoms with van der Waals surface area (Å²) in [5.41, 5.74) is 6.50. The smallest absolute Gasteiger partial charge is 0.269 e. The van der Waals surface area contributed by atoms with E-state index in [1.807, 2.05) is 84.9 Å². The first-order valence-electron chi connectivity index (χ1n) is 18.1. The minimum atomic E-state index is -3.67. The van der Waals surface area contributed by atoms with Gasteiger partial charge in [-0.05, 0) is 52.1 Å². The number of aliphatic hydroxyl groups is 1. The lowest BCUT2D eigenvalue weighted by atomic mass is 9.89. The van der Waals surface area contributed by atoms with Crippen LogP contribution in [0.2, 0.25) is 0 Å². The third-order valence-corrected chi connectivity index (χ3v) is 11.8. The molecule has 0 amide bonds. The van der Waals surface area contributed by atoms with Gasteiger partial charge in [0.2, 0.25) is 10.0 Å². The number of ether oxygens (including phenoxy) is 2. The number of sulfonamides is 1. The van der Waals surface area contributed by atoms with E-state index >= 15 is 0 Å². The maximum atomic E-state index is 12.9. The lowest BCUT2D eigenvalue weighted by Crippen LogP contribution is -2.51. The molecule has 2 aliphatic rings. The van der Waals surface area contributed by atoms with Gasteiger partial charge in [0.1, 0.15) is 0 Å². The average Bonchev–Trinajstić information content (AvgIpc) is 3.22. The van der Waals surface area contributed by atoms with Crippen molar-refractivity contribution in [2.75, 3.05) is 37.6 Å². The minimum Gasteiger partial charge on any atom is -0.392 e. The summed E-state index contributed by atoms with van der Waals surface area (Å²) in [6, 6.07) is 38.7. The van der Waals surface area contributed by atoms with Gasteiger partial charge >= 0.3 is 0 Å². The van der Waals surface area contributed by atoms with Gasteiger partial charge in [0.05, 0.1) is 28.6 Å². The molecule has 5 aromatic carbocycles. The van der Waals surface area contributed by atoms with Crippen molar-refractivity contribution < 1.29 is 27.9 Å². The fourth-order valence-corrected chi connectivity index (χ4v) is 8.22. The first kappa shape index (κ1) is 37.4. The maximum Gasteiger partial charge on any atom is 0.269 e. The van der Waals surface area contributed by atoms with Crippen molar-refractivity contribution in [2.45, 2.75) is 43.5 Å². The average molecular weight is 749 g/mol. The van der Waals surface area contributed by atoms with E-state index in [4.69, 9.17) is 9.47 Å². The molecule has 2 N–H and O–H groups in total. The molecule has 2 saturated heterocycles. The van der Waals surface area contributed by atoms with Gasteiger partial charge in [-0.15, -0.1) is 0 Å². The molecule has 0 aromatic heterocycles. The highest BCUT2D eigenvalue weighted by molar-refractivity contribution is 7.89. The predicted octanol–water partition coefficient (Wildman–Crippen LogP) is 6.85. The summed E-state index contributed by atoms with van der Waals surface area (Å²) in [7, 11) is -3.67. The molecule has 5 aromatic rings. The van der Waals surface area contributed by atoms with Crippen LogP contribution in [0.1, 0.15) is 41.6 Å². The molecule has 7 rings (SSSR count). The van der Waals surface area contributed by atoms with Crippen LogP contribution < -0.4 is 9.62 Å². The van der Waals surface area contributed by atoms with Crippen LogP contribution >= 0.6 is 0 Å². The molecule has 0 bridgehead atoms. The summed E-state index contributed by atoms with van der Waals surface area (Å²) < 4.78 is 42.1. The normalized spacial score (nSPS) is 20.8. The van der Waals surface area contributed by atoms with Crippen LogP contribution in [0.4, 0.5) is 11.4 Å². The van der Waals surface area contributed by atoms with Crippen LogP contribution in [-0.2, 0) is 32.6 Å². The molecule has 12 heteroatoms. The van der Waals surface area contributed by atoms with Crippen LogP contribution in [0.15, 0.2) is 132 Å². The number of non-ortho nitro benzene ring substituents is 1. The van der Waals surface area contributed by atoms with Gasteiger partial charge in [-0.25, -0.2) is 13.1 Å². The van der Waals surface area contributed by atoms with Gasteiger partial charge in [0.25, 0.3) is 5.69 Å². The molecule has 2 heterocycles. The Bertz CT molecular complexity index is 2130. The Kier molecular flexibility index (Phi) is 11.5. The van der Waals surface area contributed by atoms with E-state index in [0.717, 1.165) is 65.2 Å². The molecule has 0 saturated carbocycles. The Labute approximate surface area is 316 Å². The summed E-state index contributed by atoms with van der Waals surface area (Å²) in [5.74, 6) is 0.0275. The van der Waals surface area contributed by atoms with Gasteiger partial charge in [-0.2, -0.15) is 0 Å². The quantitative estimate of drug-likeness (QED) is 0.104. The highest BCUT2D eigenvalue weighted by Crippen LogP contribution is 2.42. The standard InChI is InChI=1S/C42H44N4O7S/c1-30-40(28-44-23-25-45(26-24-44)36-19-21-37(22-20-36)46(48)49)52-42(53-41(30)33-13-11-31(29-47)12-14-33)34-17-15-32(16-18-34)39-10-6-5-7-35(39)27-43-54(50,51)38-8-3-2-4-9-38/h2-22,30,40-43,47H,23-29H2,1H3/t30-,40+,41+,42+/m1/s1. The molecule has 0 radical (unpaired) electrons. The van der Waals surface area contributed by atoms with Crippen molar-refractivity contribution in [3.05, 3.63) is 160 Å². The Morgan fingerprint density at radius 3 is 2.11 bits per heavy atom. The van der Waals surface area contributed by atoms with Crippen LogP contribution in [0.3, 0.4) is 0 Å². The largest absolute Gasteiger partial charge is 0.392 e. The van der Waals surface area contributed by atoms with E-state index in [0.29, 0.717) is 6.54 Å². The Hall–Kier alpha value is -4.95. The lowest BCUT2D eigenvalue weighted by molar-refractivity contribution is -0.384. The van der Waals surface area contributed by atoms with Crippen molar-refractivity contribution in [3.8, 4) is 11.1 Å². The number of nitrogens with zero attached hydrogens (tertiary/aromatic N) is 3. The summed E-state index contributed by atoms with van der Waals surface area (Å²) in [5, 5.41) is 20.8. The summed E-state index contributed by atoms with van der Waals surface area (Å²) in [4.78, 5) is 15.6. The number of nitrogens with one attached hydrogen (secondary N) is 1. The molecular weight excluding hydrogens is 705 g/mol. The van der Waals surface area contributed by atoms with Gasteiger partial charge in [0.15, 0.2) is 6.29 Å². The van der Waals surface area contributed by atoms with Crippen LogP contribution in [-0.4, -0.2) is 62.2 Å². The van der Waals surface area contributed by atoms with E-state index in [2.05, 4.69) is 21.4 Å². The number of benzene rings is 5. The second kappa shape index (κ2) is 16.6. The second-order valence-corrected chi connectivity index (χ2v) is 15.6. The van der Waals surface area contributed by atoms with Crippen LogP contribution in [0.25, 0.3) is 11.1 Å². The number of piperazine rings is 1. The van der Waals surface area contributed by atoms with E-state index in [-0.39, 0.29) is 46.8 Å². The molecule has 11 nitrogen and oxygen atoms in total. The number of hydrogen-bond acceptors (Lipinski definition) is 9. The molecule has 4 atom stereocenters. The van der Waals surface area contributed by atoms with Crippen molar-refractivity contribution in [2.24, 2.45) is 5.92 Å². The Morgan fingerprint density at radius 2 is 1.44 bits per heavy atom. The zero-order valence-corrected chi connectivity index (χ0v) is 30.8. The third kappa shape index (κ3) is 8.55. The molecule has 54 heavy (non-hydrogen) atoms. The Morgan fingerprint density at radius 1 is 0.796 bits per heavy atom. The first-order chi connectivity index (χ1) is 26.2.